The molecule has 2 heterocycles. The third kappa shape index (κ3) is 8.97. The summed E-state index contributed by atoms with van der Waals surface area (Å²) in [5.41, 5.74) is 0.995. The highest BCUT2D eigenvalue weighted by Crippen LogP contribution is 2.38. The van der Waals surface area contributed by atoms with Crippen LogP contribution in [-0.2, 0) is 18.9 Å². The molecule has 184 valence electrons. The molecular formula is C26H45NO5. The molecule has 1 aromatic heterocycles. The van der Waals surface area contributed by atoms with Gasteiger partial charge in [-0.1, -0.05) is 53.4 Å². The summed E-state index contributed by atoms with van der Waals surface area (Å²) in [4.78, 5) is 4.51. The Labute approximate surface area is 195 Å². The van der Waals surface area contributed by atoms with Crippen LogP contribution >= 0.6 is 0 Å². The fourth-order valence-corrected chi connectivity index (χ4v) is 3.65. The Balaban J connectivity index is 2.12. The van der Waals surface area contributed by atoms with E-state index in [-0.39, 0.29) is 24.4 Å². The van der Waals surface area contributed by atoms with Crippen molar-refractivity contribution in [1.29, 1.82) is 0 Å². The SMILES string of the molecule is CCCCOC[C@H]1O[C@@H](c2ccc(OCCCC)nc2)C(OCCCC)[C@H]1OCCCC. The lowest BCUT2D eigenvalue weighted by molar-refractivity contribution is -0.0795. The molecule has 4 atom stereocenters. The van der Waals surface area contributed by atoms with Crippen molar-refractivity contribution in [1.82, 2.24) is 4.98 Å². The zero-order valence-electron chi connectivity index (χ0n) is 20.7. The molecule has 0 radical (unpaired) electrons. The number of nitrogens with zero attached hydrogens (tertiary/aromatic N) is 1. The maximum absolute atomic E-state index is 6.50. The monoisotopic (exact) mass is 451 g/mol. The van der Waals surface area contributed by atoms with Gasteiger partial charge in [-0.15, -0.1) is 0 Å². The Kier molecular flexibility index (Phi) is 13.9. The zero-order valence-corrected chi connectivity index (χ0v) is 20.7. The molecule has 1 aromatic rings. The first-order valence-electron chi connectivity index (χ1n) is 12.8. The molecule has 0 aromatic carbocycles. The largest absolute Gasteiger partial charge is 0.478 e. The average Bonchev–Trinajstić information content (AvgIpc) is 3.15. The van der Waals surface area contributed by atoms with Crippen LogP contribution < -0.4 is 4.74 Å². The van der Waals surface area contributed by atoms with Crippen molar-refractivity contribution in [2.45, 2.75) is 103 Å². The maximum Gasteiger partial charge on any atom is 0.213 e. The van der Waals surface area contributed by atoms with Crippen LogP contribution in [0, 0.1) is 0 Å². The van der Waals surface area contributed by atoms with Gasteiger partial charge in [0.05, 0.1) is 13.2 Å². The standard InChI is InChI=1S/C26H45NO5/c1-5-9-15-28-20-22-25(30-17-11-7-3)26(31-18-12-8-4)24(32-22)21-13-14-23(27-19-21)29-16-10-6-2/h13-14,19,22,24-26H,5-12,15-18,20H2,1-4H3/t22-,24+,25+,26?/m1/s1. The van der Waals surface area contributed by atoms with E-state index in [1.165, 1.54) is 0 Å². The summed E-state index contributed by atoms with van der Waals surface area (Å²) in [6, 6.07) is 3.97. The van der Waals surface area contributed by atoms with Gasteiger partial charge in [-0.2, -0.15) is 0 Å². The van der Waals surface area contributed by atoms with Gasteiger partial charge in [0.15, 0.2) is 0 Å². The maximum atomic E-state index is 6.50. The summed E-state index contributed by atoms with van der Waals surface area (Å²) in [6.45, 7) is 12.0. The number of aromatic nitrogens is 1. The molecule has 0 amide bonds. The van der Waals surface area contributed by atoms with E-state index in [4.69, 9.17) is 23.7 Å². The van der Waals surface area contributed by atoms with Crippen LogP contribution in [0.3, 0.4) is 0 Å². The topological polar surface area (TPSA) is 59.0 Å². The van der Waals surface area contributed by atoms with Gasteiger partial charge < -0.3 is 23.7 Å². The second-order valence-electron chi connectivity index (χ2n) is 8.53. The van der Waals surface area contributed by atoms with Crippen molar-refractivity contribution in [3.05, 3.63) is 23.9 Å². The third-order valence-electron chi connectivity index (χ3n) is 5.69. The summed E-state index contributed by atoms with van der Waals surface area (Å²) in [5, 5.41) is 0. The Morgan fingerprint density at radius 2 is 1.41 bits per heavy atom. The predicted octanol–water partition coefficient (Wildman–Crippen LogP) is 5.89. The molecular weight excluding hydrogens is 406 g/mol. The number of ether oxygens (including phenoxy) is 5. The van der Waals surface area contributed by atoms with Crippen LogP contribution in [0.25, 0.3) is 0 Å². The van der Waals surface area contributed by atoms with Crippen LogP contribution in [0.4, 0.5) is 0 Å². The number of pyridine rings is 1. The molecule has 0 N–H and O–H groups in total. The van der Waals surface area contributed by atoms with Gasteiger partial charge in [0.1, 0.15) is 24.4 Å². The first-order chi connectivity index (χ1) is 15.7. The van der Waals surface area contributed by atoms with E-state index in [1.54, 1.807) is 0 Å². The van der Waals surface area contributed by atoms with E-state index in [0.717, 1.165) is 63.5 Å². The van der Waals surface area contributed by atoms with Gasteiger partial charge >= 0.3 is 0 Å². The molecule has 1 aliphatic rings. The summed E-state index contributed by atoms with van der Waals surface area (Å²) < 4.78 is 30.8. The number of hydrogen-bond acceptors (Lipinski definition) is 6. The minimum atomic E-state index is -0.226. The highest BCUT2D eigenvalue weighted by molar-refractivity contribution is 5.22. The molecule has 32 heavy (non-hydrogen) atoms. The van der Waals surface area contributed by atoms with Crippen LogP contribution in [0.5, 0.6) is 5.88 Å². The smallest absolute Gasteiger partial charge is 0.213 e. The number of hydrogen-bond donors (Lipinski definition) is 0. The zero-order chi connectivity index (χ0) is 23.0. The van der Waals surface area contributed by atoms with Crippen LogP contribution in [0.1, 0.15) is 90.7 Å². The lowest BCUT2D eigenvalue weighted by Crippen LogP contribution is -2.38. The van der Waals surface area contributed by atoms with Gasteiger partial charge in [0, 0.05) is 37.6 Å². The first-order valence-corrected chi connectivity index (χ1v) is 12.8. The van der Waals surface area contributed by atoms with Crippen molar-refractivity contribution < 1.29 is 23.7 Å². The first kappa shape index (κ1) is 27.0. The van der Waals surface area contributed by atoms with Crippen molar-refractivity contribution in [2.24, 2.45) is 0 Å². The highest BCUT2D eigenvalue weighted by atomic mass is 16.6. The summed E-state index contributed by atoms with van der Waals surface area (Å²) >= 11 is 0. The van der Waals surface area contributed by atoms with Crippen molar-refractivity contribution in [3.8, 4) is 5.88 Å². The Morgan fingerprint density at radius 3 is 2.03 bits per heavy atom. The Hall–Kier alpha value is -1.21. The molecule has 6 nitrogen and oxygen atoms in total. The predicted molar refractivity (Wildman–Crippen MR) is 127 cm³/mol. The Morgan fingerprint density at radius 1 is 0.781 bits per heavy atom. The van der Waals surface area contributed by atoms with Crippen molar-refractivity contribution >= 4 is 0 Å². The molecule has 0 bridgehead atoms. The molecule has 6 heteroatoms. The summed E-state index contributed by atoms with van der Waals surface area (Å²) in [5.74, 6) is 0.652. The molecule has 0 aliphatic carbocycles. The van der Waals surface area contributed by atoms with E-state index in [2.05, 4.69) is 32.7 Å². The van der Waals surface area contributed by atoms with Crippen LogP contribution in [0.2, 0.25) is 0 Å². The molecule has 1 aliphatic heterocycles. The summed E-state index contributed by atoms with van der Waals surface area (Å²) in [7, 11) is 0. The fraction of sp³-hybridized carbons (Fsp3) is 0.808. The van der Waals surface area contributed by atoms with Crippen LogP contribution in [-0.4, -0.2) is 56.3 Å². The summed E-state index contributed by atoms with van der Waals surface area (Å²) in [6.07, 6.45) is 9.68. The van der Waals surface area contributed by atoms with Gasteiger partial charge in [0.2, 0.25) is 5.88 Å². The quantitative estimate of drug-likeness (QED) is 0.259. The van der Waals surface area contributed by atoms with Crippen molar-refractivity contribution in [3.63, 3.8) is 0 Å². The minimum Gasteiger partial charge on any atom is -0.478 e. The fourth-order valence-electron chi connectivity index (χ4n) is 3.65. The number of unbranched alkanes of at least 4 members (excludes halogenated alkanes) is 4. The highest BCUT2D eigenvalue weighted by Gasteiger charge is 2.47. The number of rotatable bonds is 18. The average molecular weight is 452 g/mol. The third-order valence-corrected chi connectivity index (χ3v) is 5.69. The molecule has 0 saturated carbocycles. The lowest BCUT2D eigenvalue weighted by Gasteiger charge is -2.25. The van der Waals surface area contributed by atoms with E-state index in [9.17, 15) is 0 Å². The van der Waals surface area contributed by atoms with E-state index in [0.29, 0.717) is 32.3 Å². The molecule has 2 rings (SSSR count). The van der Waals surface area contributed by atoms with Crippen molar-refractivity contribution in [2.75, 3.05) is 33.0 Å². The van der Waals surface area contributed by atoms with Gasteiger partial charge in [0.25, 0.3) is 0 Å². The molecule has 1 saturated heterocycles. The lowest BCUT2D eigenvalue weighted by atomic mass is 10.0. The normalized spacial score (nSPS) is 23.0. The molecule has 1 fully saturated rings. The van der Waals surface area contributed by atoms with Gasteiger partial charge in [-0.25, -0.2) is 4.98 Å². The Bertz CT molecular complexity index is 582. The van der Waals surface area contributed by atoms with E-state index in [1.807, 2.05) is 18.3 Å². The second kappa shape index (κ2) is 16.4. The molecule has 0 spiro atoms. The minimum absolute atomic E-state index is 0.148. The van der Waals surface area contributed by atoms with Gasteiger partial charge in [-0.3, -0.25) is 0 Å². The molecule has 1 unspecified atom stereocenters. The van der Waals surface area contributed by atoms with E-state index < -0.39 is 0 Å². The van der Waals surface area contributed by atoms with E-state index >= 15 is 0 Å². The van der Waals surface area contributed by atoms with Crippen LogP contribution in [0.15, 0.2) is 18.3 Å². The van der Waals surface area contributed by atoms with Gasteiger partial charge in [-0.05, 0) is 31.7 Å². The second-order valence-corrected chi connectivity index (χ2v) is 8.53.